The fraction of sp³-hybridized carbons (Fsp3) is 0.333. The number of para-hydroxylation sites is 1. The Morgan fingerprint density at radius 1 is 1.15 bits per heavy atom. The van der Waals surface area contributed by atoms with E-state index in [1.165, 1.54) is 12.1 Å². The molecule has 3 atom stereocenters. The molecule has 1 aliphatic carbocycles. The highest BCUT2D eigenvalue weighted by atomic mass is 19.1. The SMILES string of the molecule is Cc1ccccc1-n1nc(-c2cccc(F)c2)nc1[C@H]1CC[C@@H](O)[C@H](N)C1. The molecular formula is C21H23FN4O. The van der Waals surface area contributed by atoms with Crippen LogP contribution >= 0.6 is 0 Å². The van der Waals surface area contributed by atoms with Crippen LogP contribution in [-0.2, 0) is 0 Å². The van der Waals surface area contributed by atoms with Crippen molar-refractivity contribution in [2.24, 2.45) is 5.73 Å². The highest BCUT2D eigenvalue weighted by Gasteiger charge is 2.31. The first-order valence-corrected chi connectivity index (χ1v) is 9.25. The average molecular weight is 366 g/mol. The molecule has 0 saturated heterocycles. The van der Waals surface area contributed by atoms with Gasteiger partial charge < -0.3 is 10.8 Å². The molecule has 1 saturated carbocycles. The van der Waals surface area contributed by atoms with Crippen molar-refractivity contribution in [1.82, 2.24) is 14.8 Å². The number of aliphatic hydroxyl groups is 1. The van der Waals surface area contributed by atoms with Crippen LogP contribution in [0.3, 0.4) is 0 Å². The molecular weight excluding hydrogens is 343 g/mol. The summed E-state index contributed by atoms with van der Waals surface area (Å²) in [7, 11) is 0. The third-order valence-electron chi connectivity index (χ3n) is 5.29. The van der Waals surface area contributed by atoms with E-state index < -0.39 is 6.10 Å². The third-order valence-corrected chi connectivity index (χ3v) is 5.29. The minimum Gasteiger partial charge on any atom is -0.392 e. The number of benzene rings is 2. The van der Waals surface area contributed by atoms with Crippen LogP contribution in [0.2, 0.25) is 0 Å². The van der Waals surface area contributed by atoms with E-state index in [4.69, 9.17) is 15.8 Å². The lowest BCUT2D eigenvalue weighted by Crippen LogP contribution is -2.40. The zero-order valence-electron chi connectivity index (χ0n) is 15.2. The highest BCUT2D eigenvalue weighted by Crippen LogP contribution is 2.34. The normalized spacial score (nSPS) is 22.7. The lowest BCUT2D eigenvalue weighted by atomic mass is 9.83. The fourth-order valence-electron chi connectivity index (χ4n) is 3.74. The van der Waals surface area contributed by atoms with E-state index >= 15 is 0 Å². The first-order valence-electron chi connectivity index (χ1n) is 9.25. The van der Waals surface area contributed by atoms with Crippen LogP contribution < -0.4 is 5.73 Å². The zero-order chi connectivity index (χ0) is 19.0. The van der Waals surface area contributed by atoms with Gasteiger partial charge in [0.05, 0.1) is 11.8 Å². The molecule has 4 rings (SSSR count). The molecule has 27 heavy (non-hydrogen) atoms. The summed E-state index contributed by atoms with van der Waals surface area (Å²) in [5.41, 5.74) is 8.77. The smallest absolute Gasteiger partial charge is 0.181 e. The van der Waals surface area contributed by atoms with Gasteiger partial charge in [-0.05, 0) is 49.9 Å². The van der Waals surface area contributed by atoms with Gasteiger partial charge in [0.2, 0.25) is 0 Å². The largest absolute Gasteiger partial charge is 0.392 e. The predicted molar refractivity (Wildman–Crippen MR) is 102 cm³/mol. The number of hydrogen-bond acceptors (Lipinski definition) is 4. The van der Waals surface area contributed by atoms with E-state index in [1.54, 1.807) is 12.1 Å². The summed E-state index contributed by atoms with van der Waals surface area (Å²) in [6.45, 7) is 2.03. The number of hydrogen-bond donors (Lipinski definition) is 2. The van der Waals surface area contributed by atoms with E-state index in [0.29, 0.717) is 24.2 Å². The van der Waals surface area contributed by atoms with E-state index in [0.717, 1.165) is 23.5 Å². The van der Waals surface area contributed by atoms with Gasteiger partial charge in [0.15, 0.2) is 5.82 Å². The number of aromatic nitrogens is 3. The van der Waals surface area contributed by atoms with Crippen LogP contribution in [0.1, 0.15) is 36.6 Å². The Morgan fingerprint density at radius 3 is 2.70 bits per heavy atom. The second-order valence-electron chi connectivity index (χ2n) is 7.24. The molecule has 0 amide bonds. The molecule has 2 aromatic carbocycles. The van der Waals surface area contributed by atoms with Crippen molar-refractivity contribution in [3.63, 3.8) is 0 Å². The van der Waals surface area contributed by atoms with Crippen LogP contribution in [-0.4, -0.2) is 32.0 Å². The molecule has 3 N–H and O–H groups in total. The molecule has 1 aromatic heterocycles. The number of nitrogens with zero attached hydrogens (tertiary/aromatic N) is 3. The van der Waals surface area contributed by atoms with Gasteiger partial charge in [-0.3, -0.25) is 0 Å². The molecule has 0 unspecified atom stereocenters. The summed E-state index contributed by atoms with van der Waals surface area (Å²) in [5, 5.41) is 14.7. The number of aryl methyl sites for hydroxylation is 1. The third kappa shape index (κ3) is 3.50. The van der Waals surface area contributed by atoms with Gasteiger partial charge in [0.1, 0.15) is 11.6 Å². The average Bonchev–Trinajstić information content (AvgIpc) is 3.09. The topological polar surface area (TPSA) is 77.0 Å². The number of rotatable bonds is 3. The van der Waals surface area contributed by atoms with Crippen LogP contribution in [0.25, 0.3) is 17.1 Å². The molecule has 1 fully saturated rings. The van der Waals surface area contributed by atoms with Crippen LogP contribution in [0.15, 0.2) is 48.5 Å². The van der Waals surface area contributed by atoms with Crippen molar-refractivity contribution >= 4 is 0 Å². The van der Waals surface area contributed by atoms with Crippen LogP contribution in [0.5, 0.6) is 0 Å². The molecule has 1 heterocycles. The molecule has 0 aliphatic heterocycles. The van der Waals surface area contributed by atoms with E-state index in [2.05, 4.69) is 0 Å². The first kappa shape index (κ1) is 17.8. The monoisotopic (exact) mass is 366 g/mol. The van der Waals surface area contributed by atoms with Gasteiger partial charge in [-0.2, -0.15) is 0 Å². The van der Waals surface area contributed by atoms with Crippen LogP contribution in [0, 0.1) is 12.7 Å². The molecule has 0 bridgehead atoms. The van der Waals surface area contributed by atoms with E-state index in [9.17, 15) is 9.50 Å². The summed E-state index contributed by atoms with van der Waals surface area (Å²) in [6, 6.07) is 14.0. The Bertz CT molecular complexity index is 955. The van der Waals surface area contributed by atoms with Gasteiger partial charge in [-0.25, -0.2) is 14.1 Å². The maximum absolute atomic E-state index is 13.7. The number of halogens is 1. The summed E-state index contributed by atoms with van der Waals surface area (Å²) < 4.78 is 15.5. The van der Waals surface area contributed by atoms with E-state index in [1.807, 2.05) is 35.9 Å². The zero-order valence-corrected chi connectivity index (χ0v) is 15.2. The van der Waals surface area contributed by atoms with Crippen molar-refractivity contribution in [1.29, 1.82) is 0 Å². The Balaban J connectivity index is 1.82. The van der Waals surface area contributed by atoms with Gasteiger partial charge in [0, 0.05) is 17.5 Å². The first-order chi connectivity index (χ1) is 13.0. The van der Waals surface area contributed by atoms with Gasteiger partial charge >= 0.3 is 0 Å². The summed E-state index contributed by atoms with van der Waals surface area (Å²) in [4.78, 5) is 4.77. The Hall–Kier alpha value is -2.57. The quantitative estimate of drug-likeness (QED) is 0.745. The Morgan fingerprint density at radius 2 is 1.96 bits per heavy atom. The molecule has 140 valence electrons. The van der Waals surface area contributed by atoms with Gasteiger partial charge in [-0.1, -0.05) is 30.3 Å². The molecule has 5 nitrogen and oxygen atoms in total. The van der Waals surface area contributed by atoms with Gasteiger partial charge in [0.25, 0.3) is 0 Å². The van der Waals surface area contributed by atoms with Crippen molar-refractivity contribution in [2.45, 2.75) is 44.2 Å². The molecule has 3 aromatic rings. The number of aliphatic hydroxyl groups excluding tert-OH is 1. The highest BCUT2D eigenvalue weighted by molar-refractivity contribution is 5.55. The second-order valence-corrected chi connectivity index (χ2v) is 7.24. The maximum Gasteiger partial charge on any atom is 0.181 e. The minimum atomic E-state index is -0.473. The van der Waals surface area contributed by atoms with Crippen molar-refractivity contribution in [2.75, 3.05) is 0 Å². The van der Waals surface area contributed by atoms with Gasteiger partial charge in [-0.15, -0.1) is 5.10 Å². The minimum absolute atomic E-state index is 0.0952. The Kier molecular flexibility index (Phi) is 4.76. The fourth-order valence-corrected chi connectivity index (χ4v) is 3.74. The standard InChI is InChI=1S/C21H23FN4O/c1-13-5-2-3-8-18(13)26-21(15-9-10-19(27)17(23)12-15)24-20(25-26)14-6-4-7-16(22)11-14/h2-8,11,15,17,19,27H,9-10,12,23H2,1H3/t15-,17+,19+/m0/s1. The van der Waals surface area contributed by atoms with Crippen LogP contribution in [0.4, 0.5) is 4.39 Å². The van der Waals surface area contributed by atoms with Crippen molar-refractivity contribution < 1.29 is 9.50 Å². The molecule has 0 spiro atoms. The van der Waals surface area contributed by atoms with Crippen molar-refractivity contribution in [3.05, 3.63) is 65.7 Å². The predicted octanol–water partition coefficient (Wildman–Crippen LogP) is 3.34. The molecule has 1 aliphatic rings. The lowest BCUT2D eigenvalue weighted by molar-refractivity contribution is 0.0989. The molecule has 0 radical (unpaired) electrons. The Labute approximate surface area is 157 Å². The second kappa shape index (κ2) is 7.21. The summed E-state index contributed by atoms with van der Waals surface area (Å²) in [5.74, 6) is 1.08. The van der Waals surface area contributed by atoms with Crippen molar-refractivity contribution in [3.8, 4) is 17.1 Å². The maximum atomic E-state index is 13.7. The van der Waals surface area contributed by atoms with E-state index in [-0.39, 0.29) is 17.8 Å². The summed E-state index contributed by atoms with van der Waals surface area (Å²) >= 11 is 0. The lowest BCUT2D eigenvalue weighted by Gasteiger charge is -2.30. The summed E-state index contributed by atoms with van der Waals surface area (Å²) in [6.07, 6.45) is 1.61. The number of nitrogens with two attached hydrogens (primary N) is 1. The molecule has 6 heteroatoms.